The molecular weight excluding hydrogens is 320 g/mol. The second kappa shape index (κ2) is 8.14. The molecule has 0 aliphatic carbocycles. The highest BCUT2D eigenvalue weighted by atomic mass is 19.3. The number of aliphatic imine (C=N–C) groups is 1. The Bertz CT molecular complexity index is 703. The fraction of sp³-hybridized carbons (Fsp3) is 0.333. The SMILES string of the molecule is CN=C(NCc1nccn1C(F)F)Nc1ccc(OC)c(OC)c1. The number of nitrogens with zero attached hydrogens (tertiary/aromatic N) is 3. The Morgan fingerprint density at radius 1 is 1.29 bits per heavy atom. The first-order valence-corrected chi connectivity index (χ1v) is 7.08. The molecule has 9 heteroatoms. The summed E-state index contributed by atoms with van der Waals surface area (Å²) in [6.45, 7) is -2.53. The summed E-state index contributed by atoms with van der Waals surface area (Å²) in [5, 5.41) is 5.98. The van der Waals surface area contributed by atoms with Crippen LogP contribution in [0.2, 0.25) is 0 Å². The van der Waals surface area contributed by atoms with Gasteiger partial charge in [0, 0.05) is 31.2 Å². The number of nitrogens with one attached hydrogen (secondary N) is 2. The Labute approximate surface area is 138 Å². The lowest BCUT2D eigenvalue weighted by Gasteiger charge is -2.14. The maximum absolute atomic E-state index is 12.8. The Kier molecular flexibility index (Phi) is 5.94. The molecule has 1 heterocycles. The Balaban J connectivity index is 2.04. The summed E-state index contributed by atoms with van der Waals surface area (Å²) in [5.74, 6) is 1.78. The van der Waals surface area contributed by atoms with Crippen LogP contribution in [0.15, 0.2) is 35.6 Å². The first-order valence-electron chi connectivity index (χ1n) is 7.08. The summed E-state index contributed by atoms with van der Waals surface area (Å²) in [4.78, 5) is 7.96. The molecule has 2 aromatic rings. The number of guanidine groups is 1. The summed E-state index contributed by atoms with van der Waals surface area (Å²) < 4.78 is 36.8. The van der Waals surface area contributed by atoms with Crippen LogP contribution in [0.25, 0.3) is 0 Å². The van der Waals surface area contributed by atoms with E-state index in [2.05, 4.69) is 20.6 Å². The molecule has 130 valence electrons. The smallest absolute Gasteiger partial charge is 0.319 e. The van der Waals surface area contributed by atoms with Gasteiger partial charge in [-0.25, -0.2) is 4.98 Å². The molecule has 0 amide bonds. The van der Waals surface area contributed by atoms with E-state index in [1.807, 2.05) is 0 Å². The van der Waals surface area contributed by atoms with Gasteiger partial charge in [-0.15, -0.1) is 0 Å². The van der Waals surface area contributed by atoms with E-state index in [0.29, 0.717) is 23.1 Å². The molecule has 0 aliphatic heterocycles. The van der Waals surface area contributed by atoms with Crippen molar-refractivity contribution in [3.05, 3.63) is 36.4 Å². The standard InChI is InChI=1S/C15H19F2N5O2/c1-18-15(20-9-13-19-6-7-22(13)14(16)17)21-10-4-5-11(23-2)12(8-10)24-3/h4-8,14H,9H2,1-3H3,(H2,18,20,21). The van der Waals surface area contributed by atoms with Crippen LogP contribution in [0.1, 0.15) is 12.4 Å². The lowest BCUT2D eigenvalue weighted by atomic mass is 10.3. The van der Waals surface area contributed by atoms with E-state index in [0.717, 1.165) is 4.57 Å². The minimum Gasteiger partial charge on any atom is -0.493 e. The van der Waals surface area contributed by atoms with Crippen LogP contribution in [-0.2, 0) is 6.54 Å². The molecule has 0 atom stereocenters. The highest BCUT2D eigenvalue weighted by molar-refractivity contribution is 5.93. The van der Waals surface area contributed by atoms with Gasteiger partial charge in [0.2, 0.25) is 0 Å². The molecule has 0 radical (unpaired) electrons. The van der Waals surface area contributed by atoms with Crippen LogP contribution in [-0.4, -0.2) is 36.8 Å². The molecule has 24 heavy (non-hydrogen) atoms. The molecule has 0 aliphatic rings. The summed E-state index contributed by atoms with van der Waals surface area (Å²) in [6, 6.07) is 5.28. The van der Waals surface area contributed by atoms with Crippen molar-refractivity contribution in [3.63, 3.8) is 0 Å². The van der Waals surface area contributed by atoms with Gasteiger partial charge in [0.05, 0.1) is 20.8 Å². The first-order chi connectivity index (χ1) is 11.6. The largest absolute Gasteiger partial charge is 0.493 e. The van der Waals surface area contributed by atoms with Crippen LogP contribution >= 0.6 is 0 Å². The van der Waals surface area contributed by atoms with Gasteiger partial charge in [-0.3, -0.25) is 9.56 Å². The van der Waals surface area contributed by atoms with Crippen molar-refractivity contribution in [1.82, 2.24) is 14.9 Å². The highest BCUT2D eigenvalue weighted by Crippen LogP contribution is 2.29. The average molecular weight is 339 g/mol. The third-order valence-corrected chi connectivity index (χ3v) is 3.24. The van der Waals surface area contributed by atoms with Crippen LogP contribution in [0, 0.1) is 0 Å². The topological polar surface area (TPSA) is 72.7 Å². The maximum atomic E-state index is 12.8. The molecule has 2 N–H and O–H groups in total. The van der Waals surface area contributed by atoms with Gasteiger partial charge in [-0.2, -0.15) is 8.78 Å². The van der Waals surface area contributed by atoms with Crippen molar-refractivity contribution in [1.29, 1.82) is 0 Å². The van der Waals surface area contributed by atoms with E-state index in [1.54, 1.807) is 39.5 Å². The van der Waals surface area contributed by atoms with Gasteiger partial charge in [0.1, 0.15) is 5.82 Å². The normalized spacial score (nSPS) is 11.5. The number of hydrogen-bond donors (Lipinski definition) is 2. The summed E-state index contributed by atoms with van der Waals surface area (Å²) in [5.41, 5.74) is 0.706. The van der Waals surface area contributed by atoms with Crippen LogP contribution < -0.4 is 20.1 Å². The number of rotatable bonds is 6. The van der Waals surface area contributed by atoms with E-state index in [-0.39, 0.29) is 12.4 Å². The van der Waals surface area contributed by atoms with Crippen LogP contribution in [0.3, 0.4) is 0 Å². The van der Waals surface area contributed by atoms with E-state index < -0.39 is 6.55 Å². The number of hydrogen-bond acceptors (Lipinski definition) is 4. The predicted molar refractivity (Wildman–Crippen MR) is 86.8 cm³/mol. The van der Waals surface area contributed by atoms with Crippen LogP contribution in [0.4, 0.5) is 14.5 Å². The van der Waals surface area contributed by atoms with E-state index in [4.69, 9.17) is 9.47 Å². The lowest BCUT2D eigenvalue weighted by Crippen LogP contribution is -2.31. The van der Waals surface area contributed by atoms with E-state index >= 15 is 0 Å². The fourth-order valence-electron chi connectivity index (χ4n) is 2.05. The summed E-state index contributed by atoms with van der Waals surface area (Å²) >= 11 is 0. The lowest BCUT2D eigenvalue weighted by molar-refractivity contribution is 0.0668. The van der Waals surface area contributed by atoms with E-state index in [1.165, 1.54) is 12.4 Å². The van der Waals surface area contributed by atoms with E-state index in [9.17, 15) is 8.78 Å². The van der Waals surface area contributed by atoms with Gasteiger partial charge >= 0.3 is 6.55 Å². The number of benzene rings is 1. The van der Waals surface area contributed by atoms with Gasteiger partial charge in [0.15, 0.2) is 17.5 Å². The Morgan fingerprint density at radius 3 is 2.67 bits per heavy atom. The number of aromatic nitrogens is 2. The van der Waals surface area contributed by atoms with Gasteiger partial charge in [0.25, 0.3) is 0 Å². The number of anilines is 1. The first kappa shape index (κ1) is 17.5. The molecule has 0 unspecified atom stereocenters. The molecule has 0 bridgehead atoms. The summed E-state index contributed by atoms with van der Waals surface area (Å²) in [6.07, 6.45) is 2.56. The van der Waals surface area contributed by atoms with Crippen molar-refractivity contribution in [2.24, 2.45) is 4.99 Å². The minimum atomic E-state index is -2.63. The second-order valence-electron chi connectivity index (χ2n) is 4.65. The second-order valence-corrected chi connectivity index (χ2v) is 4.65. The molecule has 0 spiro atoms. The number of alkyl halides is 2. The monoisotopic (exact) mass is 339 g/mol. The molecular formula is C15H19F2N5O2. The average Bonchev–Trinajstić information content (AvgIpc) is 3.07. The number of halogens is 2. The quantitative estimate of drug-likeness (QED) is 0.625. The van der Waals surface area contributed by atoms with Crippen molar-refractivity contribution in [2.75, 3.05) is 26.6 Å². The molecule has 7 nitrogen and oxygen atoms in total. The molecule has 1 aromatic heterocycles. The fourth-order valence-corrected chi connectivity index (χ4v) is 2.05. The van der Waals surface area contributed by atoms with Gasteiger partial charge in [-0.1, -0.05) is 0 Å². The number of methoxy groups -OCH3 is 2. The summed E-state index contributed by atoms with van der Waals surface area (Å²) in [7, 11) is 4.67. The van der Waals surface area contributed by atoms with Crippen LogP contribution in [0.5, 0.6) is 11.5 Å². The third-order valence-electron chi connectivity index (χ3n) is 3.24. The zero-order chi connectivity index (χ0) is 17.5. The maximum Gasteiger partial charge on any atom is 0.319 e. The van der Waals surface area contributed by atoms with Crippen molar-refractivity contribution >= 4 is 11.6 Å². The molecule has 1 aromatic carbocycles. The molecule has 0 saturated carbocycles. The molecule has 2 rings (SSSR count). The van der Waals surface area contributed by atoms with Crippen molar-refractivity contribution in [3.8, 4) is 11.5 Å². The zero-order valence-corrected chi connectivity index (χ0v) is 13.6. The van der Waals surface area contributed by atoms with Crippen molar-refractivity contribution in [2.45, 2.75) is 13.1 Å². The molecule has 0 fully saturated rings. The minimum absolute atomic E-state index is 0.101. The zero-order valence-electron chi connectivity index (χ0n) is 13.6. The Morgan fingerprint density at radius 2 is 2.04 bits per heavy atom. The van der Waals surface area contributed by atoms with Gasteiger partial charge < -0.3 is 20.1 Å². The third kappa shape index (κ3) is 4.12. The number of imidazole rings is 1. The number of ether oxygens (including phenoxy) is 2. The Hall–Kier alpha value is -2.84. The highest BCUT2D eigenvalue weighted by Gasteiger charge is 2.12. The van der Waals surface area contributed by atoms with Gasteiger partial charge in [-0.05, 0) is 12.1 Å². The predicted octanol–water partition coefficient (Wildman–Crippen LogP) is 2.48. The van der Waals surface area contributed by atoms with Crippen molar-refractivity contribution < 1.29 is 18.3 Å². The molecule has 0 saturated heterocycles.